The molecule has 3 nitrogen and oxygen atoms in total. The van der Waals surface area contributed by atoms with Crippen molar-refractivity contribution in [2.45, 2.75) is 12.8 Å². The molecule has 0 aliphatic rings. The third kappa shape index (κ3) is 2.51. The number of benzene rings is 1. The highest BCUT2D eigenvalue weighted by atomic mass is 79.9. The van der Waals surface area contributed by atoms with Crippen LogP contribution in [0.15, 0.2) is 53.1 Å². The van der Waals surface area contributed by atoms with Gasteiger partial charge in [0.15, 0.2) is 6.29 Å². The van der Waals surface area contributed by atoms with Gasteiger partial charge in [-0.3, -0.25) is 4.79 Å². The summed E-state index contributed by atoms with van der Waals surface area (Å²) in [6.07, 6.45) is 4.47. The van der Waals surface area contributed by atoms with E-state index in [1.54, 1.807) is 0 Å². The van der Waals surface area contributed by atoms with E-state index in [4.69, 9.17) is 0 Å². The van der Waals surface area contributed by atoms with Crippen molar-refractivity contribution < 1.29 is 4.79 Å². The molecule has 0 saturated heterocycles. The average molecular weight is 329 g/mol. The number of aldehydes is 1. The lowest BCUT2D eigenvalue weighted by Gasteiger charge is -2.02. The van der Waals surface area contributed by atoms with Crippen LogP contribution < -0.4 is 0 Å². The zero-order valence-electron chi connectivity index (χ0n) is 10.8. The van der Waals surface area contributed by atoms with E-state index in [0.717, 1.165) is 34.9 Å². The highest BCUT2D eigenvalue weighted by molar-refractivity contribution is 9.10. The molecule has 2 aromatic heterocycles. The first-order chi connectivity index (χ1) is 9.78. The smallest absolute Gasteiger partial charge is 0.170 e. The summed E-state index contributed by atoms with van der Waals surface area (Å²) in [5, 5.41) is 0. The Morgan fingerprint density at radius 1 is 1.15 bits per heavy atom. The number of aromatic nitrogens is 2. The first-order valence-electron chi connectivity index (χ1n) is 6.43. The summed E-state index contributed by atoms with van der Waals surface area (Å²) in [4.78, 5) is 15.6. The Morgan fingerprint density at radius 3 is 2.70 bits per heavy atom. The van der Waals surface area contributed by atoms with Crippen LogP contribution in [0.4, 0.5) is 0 Å². The lowest BCUT2D eigenvalue weighted by atomic mass is 10.1. The van der Waals surface area contributed by atoms with E-state index < -0.39 is 0 Å². The molecule has 0 aliphatic carbocycles. The molecule has 2 heterocycles. The maximum atomic E-state index is 11.1. The molecule has 0 saturated carbocycles. The second-order valence-electron chi connectivity index (χ2n) is 4.62. The van der Waals surface area contributed by atoms with Gasteiger partial charge in [-0.2, -0.15) is 0 Å². The molecule has 0 N–H and O–H groups in total. The number of hydrogen-bond donors (Lipinski definition) is 0. The molecule has 0 amide bonds. The van der Waals surface area contributed by atoms with Gasteiger partial charge in [-0.1, -0.05) is 46.3 Å². The number of fused-ring (bicyclic) bond motifs is 1. The van der Waals surface area contributed by atoms with Crippen LogP contribution in [-0.2, 0) is 12.8 Å². The van der Waals surface area contributed by atoms with E-state index in [-0.39, 0.29) is 0 Å². The highest BCUT2D eigenvalue weighted by Crippen LogP contribution is 2.18. The molecule has 20 heavy (non-hydrogen) atoms. The molecular weight excluding hydrogens is 316 g/mol. The summed E-state index contributed by atoms with van der Waals surface area (Å²) in [5.41, 5.74) is 2.61. The molecule has 100 valence electrons. The van der Waals surface area contributed by atoms with Crippen molar-refractivity contribution in [2.24, 2.45) is 0 Å². The molecule has 0 aliphatic heterocycles. The zero-order valence-corrected chi connectivity index (χ0v) is 12.4. The van der Waals surface area contributed by atoms with Crippen LogP contribution in [0.5, 0.6) is 0 Å². The first kappa shape index (κ1) is 13.1. The molecular formula is C16H13BrN2O. The van der Waals surface area contributed by atoms with Crippen molar-refractivity contribution in [3.63, 3.8) is 0 Å². The number of carbonyl (C=O) groups excluding carboxylic acids is 1. The maximum absolute atomic E-state index is 11.1. The van der Waals surface area contributed by atoms with Crippen molar-refractivity contribution in [1.29, 1.82) is 0 Å². The summed E-state index contributed by atoms with van der Waals surface area (Å²) >= 11 is 3.42. The van der Waals surface area contributed by atoms with Gasteiger partial charge >= 0.3 is 0 Å². The average Bonchev–Trinajstić information content (AvgIpc) is 2.83. The minimum Gasteiger partial charge on any atom is -0.303 e. The predicted octanol–water partition coefficient (Wildman–Crippen LogP) is 3.69. The van der Waals surface area contributed by atoms with Gasteiger partial charge in [0.05, 0.1) is 5.52 Å². The monoisotopic (exact) mass is 328 g/mol. The van der Waals surface area contributed by atoms with Crippen LogP contribution in [0.1, 0.15) is 21.9 Å². The first-order valence-corrected chi connectivity index (χ1v) is 7.23. The summed E-state index contributed by atoms with van der Waals surface area (Å²) in [6, 6.07) is 14.2. The minimum absolute atomic E-state index is 0.495. The van der Waals surface area contributed by atoms with Gasteiger partial charge in [-0.25, -0.2) is 4.98 Å². The number of halogens is 1. The number of imidazole rings is 1. The fraction of sp³-hybridized carbons (Fsp3) is 0.125. The normalized spacial score (nSPS) is 10.8. The topological polar surface area (TPSA) is 34.4 Å². The second-order valence-corrected chi connectivity index (χ2v) is 5.53. The van der Waals surface area contributed by atoms with E-state index in [9.17, 15) is 4.79 Å². The van der Waals surface area contributed by atoms with Crippen LogP contribution in [0.2, 0.25) is 0 Å². The Hall–Kier alpha value is -1.94. The lowest BCUT2D eigenvalue weighted by molar-refractivity contribution is 0.112. The Labute approximate surface area is 125 Å². The van der Waals surface area contributed by atoms with E-state index in [1.807, 2.05) is 40.9 Å². The number of nitrogens with zero attached hydrogens (tertiary/aromatic N) is 2. The number of carbonyl (C=O) groups is 1. The molecule has 4 heteroatoms. The number of aryl methyl sites for hydroxylation is 2. The SMILES string of the molecule is O=Cc1nc(CCc2ccccc2)n2ccc(Br)cc12. The number of rotatable bonds is 4. The molecule has 3 aromatic rings. The van der Waals surface area contributed by atoms with Crippen LogP contribution in [-0.4, -0.2) is 15.7 Å². The van der Waals surface area contributed by atoms with Crippen LogP contribution in [0, 0.1) is 0 Å². The van der Waals surface area contributed by atoms with Gasteiger partial charge in [-0.05, 0) is 24.1 Å². The standard InChI is InChI=1S/C16H13BrN2O/c17-13-8-9-19-15(10-13)14(11-20)18-16(19)7-6-12-4-2-1-3-5-12/h1-5,8-11H,6-7H2. The van der Waals surface area contributed by atoms with Crippen molar-refractivity contribution in [1.82, 2.24) is 9.38 Å². The Morgan fingerprint density at radius 2 is 1.95 bits per heavy atom. The van der Waals surface area contributed by atoms with Gasteiger partial charge < -0.3 is 4.40 Å². The maximum Gasteiger partial charge on any atom is 0.170 e. The van der Waals surface area contributed by atoms with Crippen LogP contribution in [0.25, 0.3) is 5.52 Å². The third-order valence-electron chi connectivity index (χ3n) is 3.30. The van der Waals surface area contributed by atoms with Crippen molar-refractivity contribution in [2.75, 3.05) is 0 Å². The minimum atomic E-state index is 0.495. The van der Waals surface area contributed by atoms with Crippen LogP contribution >= 0.6 is 15.9 Å². The van der Waals surface area contributed by atoms with Gasteiger partial charge in [0.2, 0.25) is 0 Å². The summed E-state index contributed by atoms with van der Waals surface area (Å²) < 4.78 is 2.93. The Balaban J connectivity index is 1.94. The fourth-order valence-corrected chi connectivity index (χ4v) is 2.65. The van der Waals surface area contributed by atoms with Crippen LogP contribution in [0.3, 0.4) is 0 Å². The van der Waals surface area contributed by atoms with E-state index >= 15 is 0 Å². The molecule has 1 aromatic carbocycles. The van der Waals surface area contributed by atoms with Gasteiger partial charge in [-0.15, -0.1) is 0 Å². The number of pyridine rings is 1. The van der Waals surface area contributed by atoms with Crippen molar-refractivity contribution in [3.8, 4) is 0 Å². The summed E-state index contributed by atoms with van der Waals surface area (Å²) in [7, 11) is 0. The fourth-order valence-electron chi connectivity index (χ4n) is 2.31. The third-order valence-corrected chi connectivity index (χ3v) is 3.79. The van der Waals surface area contributed by atoms with Gasteiger partial charge in [0.25, 0.3) is 0 Å². The molecule has 0 radical (unpaired) electrons. The summed E-state index contributed by atoms with van der Waals surface area (Å²) in [5.74, 6) is 0.915. The van der Waals surface area contributed by atoms with Gasteiger partial charge in [0.1, 0.15) is 11.5 Å². The molecule has 0 atom stereocenters. The van der Waals surface area contributed by atoms with E-state index in [2.05, 4.69) is 33.0 Å². The molecule has 0 fully saturated rings. The Kier molecular flexibility index (Phi) is 3.65. The van der Waals surface area contributed by atoms with E-state index in [1.165, 1.54) is 5.56 Å². The summed E-state index contributed by atoms with van der Waals surface area (Å²) in [6.45, 7) is 0. The van der Waals surface area contributed by atoms with Crippen molar-refractivity contribution in [3.05, 3.63) is 70.2 Å². The number of hydrogen-bond acceptors (Lipinski definition) is 2. The Bertz CT molecular complexity index is 750. The molecule has 0 bridgehead atoms. The van der Waals surface area contributed by atoms with Crippen molar-refractivity contribution >= 4 is 27.7 Å². The zero-order chi connectivity index (χ0) is 13.9. The highest BCUT2D eigenvalue weighted by Gasteiger charge is 2.10. The van der Waals surface area contributed by atoms with E-state index in [0.29, 0.717) is 5.69 Å². The molecule has 0 spiro atoms. The quantitative estimate of drug-likeness (QED) is 0.684. The van der Waals surface area contributed by atoms with Gasteiger partial charge in [0, 0.05) is 17.1 Å². The molecule has 3 rings (SSSR count). The second kappa shape index (κ2) is 5.59. The molecule has 0 unspecified atom stereocenters. The predicted molar refractivity (Wildman–Crippen MR) is 82.1 cm³/mol. The lowest BCUT2D eigenvalue weighted by Crippen LogP contribution is -1.97. The largest absolute Gasteiger partial charge is 0.303 e.